The SMILES string of the molecule is O=C(Nc1cccc(Br)c1)C1CCCN(Cc2nc(-c3ccc(Br)cc3)no2)C1. The summed E-state index contributed by atoms with van der Waals surface area (Å²) in [6.07, 6.45) is 1.84. The maximum absolute atomic E-state index is 12.7. The van der Waals surface area contributed by atoms with Crippen molar-refractivity contribution in [2.75, 3.05) is 18.4 Å². The molecular weight excluding hydrogens is 500 g/mol. The minimum Gasteiger partial charge on any atom is -0.338 e. The lowest BCUT2D eigenvalue weighted by molar-refractivity contribution is -0.121. The number of likely N-dealkylation sites (tertiary alicyclic amines) is 1. The number of carbonyl (C=O) groups is 1. The highest BCUT2D eigenvalue weighted by atomic mass is 79.9. The zero-order valence-corrected chi connectivity index (χ0v) is 18.8. The minimum atomic E-state index is -0.0587. The Labute approximate surface area is 185 Å². The van der Waals surface area contributed by atoms with Crippen molar-refractivity contribution in [3.8, 4) is 11.4 Å². The van der Waals surface area contributed by atoms with Crippen LogP contribution in [0.25, 0.3) is 11.4 Å². The highest BCUT2D eigenvalue weighted by Crippen LogP contribution is 2.23. The van der Waals surface area contributed by atoms with E-state index in [-0.39, 0.29) is 11.8 Å². The Kier molecular flexibility index (Phi) is 6.42. The van der Waals surface area contributed by atoms with Crippen LogP contribution in [0.5, 0.6) is 0 Å². The first-order valence-electron chi connectivity index (χ1n) is 9.44. The standard InChI is InChI=1S/C21H20Br2N4O2/c22-16-8-6-14(7-9-16)20-25-19(29-26-20)13-27-10-2-3-15(12-27)21(28)24-18-5-1-4-17(23)11-18/h1,4-9,11,15H,2-3,10,12-13H2,(H,24,28). The summed E-state index contributed by atoms with van der Waals surface area (Å²) < 4.78 is 7.38. The third-order valence-electron chi connectivity index (χ3n) is 4.90. The number of hydrogen-bond acceptors (Lipinski definition) is 5. The van der Waals surface area contributed by atoms with E-state index in [4.69, 9.17) is 4.52 Å². The fraction of sp³-hybridized carbons (Fsp3) is 0.286. The molecule has 29 heavy (non-hydrogen) atoms. The molecule has 8 heteroatoms. The van der Waals surface area contributed by atoms with Crippen molar-refractivity contribution >= 4 is 43.5 Å². The molecule has 0 spiro atoms. The highest BCUT2D eigenvalue weighted by molar-refractivity contribution is 9.10. The second kappa shape index (κ2) is 9.19. The van der Waals surface area contributed by atoms with Gasteiger partial charge in [0.15, 0.2) is 0 Å². The van der Waals surface area contributed by atoms with E-state index in [1.165, 1.54) is 0 Å². The number of aromatic nitrogens is 2. The molecule has 1 saturated heterocycles. The third-order valence-corrected chi connectivity index (χ3v) is 5.92. The van der Waals surface area contributed by atoms with Gasteiger partial charge in [0, 0.05) is 26.7 Å². The lowest BCUT2D eigenvalue weighted by Crippen LogP contribution is -2.40. The summed E-state index contributed by atoms with van der Waals surface area (Å²) in [4.78, 5) is 19.4. The summed E-state index contributed by atoms with van der Waals surface area (Å²) in [5.74, 6) is 1.13. The molecule has 1 aliphatic heterocycles. The average Bonchev–Trinajstić information content (AvgIpc) is 3.17. The lowest BCUT2D eigenvalue weighted by Gasteiger charge is -2.30. The second-order valence-corrected chi connectivity index (χ2v) is 8.92. The van der Waals surface area contributed by atoms with Gasteiger partial charge in [0.25, 0.3) is 0 Å². The fourth-order valence-electron chi connectivity index (χ4n) is 3.45. The minimum absolute atomic E-state index is 0.0499. The number of benzene rings is 2. The van der Waals surface area contributed by atoms with E-state index in [1.54, 1.807) is 0 Å². The van der Waals surface area contributed by atoms with Crippen LogP contribution in [0.4, 0.5) is 5.69 Å². The Morgan fingerprint density at radius 1 is 1.17 bits per heavy atom. The number of anilines is 1. The molecule has 0 saturated carbocycles. The van der Waals surface area contributed by atoms with Gasteiger partial charge >= 0.3 is 0 Å². The zero-order valence-electron chi connectivity index (χ0n) is 15.6. The number of halogens is 2. The molecule has 2 heterocycles. The lowest BCUT2D eigenvalue weighted by atomic mass is 9.97. The number of nitrogens with one attached hydrogen (secondary N) is 1. The second-order valence-electron chi connectivity index (χ2n) is 7.09. The molecule has 4 rings (SSSR count). The predicted octanol–water partition coefficient (Wildman–Crippen LogP) is 5.11. The van der Waals surface area contributed by atoms with Gasteiger partial charge in [0.2, 0.25) is 17.6 Å². The normalized spacial score (nSPS) is 17.2. The predicted molar refractivity (Wildman–Crippen MR) is 118 cm³/mol. The van der Waals surface area contributed by atoms with Crippen LogP contribution in [-0.2, 0) is 11.3 Å². The van der Waals surface area contributed by atoms with Gasteiger partial charge in [-0.25, -0.2) is 0 Å². The van der Waals surface area contributed by atoms with Crippen LogP contribution in [0.2, 0.25) is 0 Å². The van der Waals surface area contributed by atoms with Crippen LogP contribution in [-0.4, -0.2) is 34.0 Å². The summed E-state index contributed by atoms with van der Waals surface area (Å²) in [7, 11) is 0. The van der Waals surface area contributed by atoms with Crippen LogP contribution >= 0.6 is 31.9 Å². The van der Waals surface area contributed by atoms with Crippen LogP contribution in [0, 0.1) is 5.92 Å². The Morgan fingerprint density at radius 3 is 2.79 bits per heavy atom. The average molecular weight is 520 g/mol. The van der Waals surface area contributed by atoms with Crippen LogP contribution < -0.4 is 5.32 Å². The smallest absolute Gasteiger partial charge is 0.241 e. The number of amides is 1. The molecule has 1 fully saturated rings. The Morgan fingerprint density at radius 2 is 2.00 bits per heavy atom. The fourth-order valence-corrected chi connectivity index (χ4v) is 4.11. The number of nitrogens with zero attached hydrogens (tertiary/aromatic N) is 3. The number of piperidine rings is 1. The molecule has 2 aromatic carbocycles. The van der Waals surface area contributed by atoms with Gasteiger partial charge in [-0.1, -0.05) is 43.1 Å². The molecule has 1 unspecified atom stereocenters. The van der Waals surface area contributed by atoms with E-state index < -0.39 is 0 Å². The van der Waals surface area contributed by atoms with Crippen molar-refractivity contribution in [1.29, 1.82) is 0 Å². The summed E-state index contributed by atoms with van der Waals surface area (Å²) in [6, 6.07) is 15.4. The molecule has 1 N–H and O–H groups in total. The van der Waals surface area contributed by atoms with Crippen molar-refractivity contribution < 1.29 is 9.32 Å². The summed E-state index contributed by atoms with van der Waals surface area (Å²) in [5, 5.41) is 7.10. The Balaban J connectivity index is 1.36. The first-order chi connectivity index (χ1) is 14.1. The van der Waals surface area contributed by atoms with Crippen molar-refractivity contribution in [2.24, 2.45) is 5.92 Å². The Hall–Kier alpha value is -2.03. The number of rotatable bonds is 5. The van der Waals surface area contributed by atoms with E-state index >= 15 is 0 Å². The zero-order chi connectivity index (χ0) is 20.2. The molecule has 0 radical (unpaired) electrons. The molecule has 1 amide bonds. The van der Waals surface area contributed by atoms with Crippen molar-refractivity contribution in [3.05, 3.63) is 63.4 Å². The van der Waals surface area contributed by atoms with Crippen molar-refractivity contribution in [3.63, 3.8) is 0 Å². The van der Waals surface area contributed by atoms with Crippen molar-refractivity contribution in [2.45, 2.75) is 19.4 Å². The van der Waals surface area contributed by atoms with E-state index in [0.29, 0.717) is 24.8 Å². The maximum atomic E-state index is 12.7. The summed E-state index contributed by atoms with van der Waals surface area (Å²) in [6.45, 7) is 2.14. The van der Waals surface area contributed by atoms with Gasteiger partial charge in [0.1, 0.15) is 0 Å². The number of carbonyl (C=O) groups excluding carboxylic acids is 1. The van der Waals surface area contributed by atoms with E-state index in [1.807, 2.05) is 48.5 Å². The van der Waals surface area contributed by atoms with Crippen LogP contribution in [0.3, 0.4) is 0 Å². The first kappa shape index (κ1) is 20.3. The van der Waals surface area contributed by atoms with Crippen molar-refractivity contribution in [1.82, 2.24) is 15.0 Å². The molecule has 1 aromatic heterocycles. The Bertz CT molecular complexity index is 990. The molecule has 1 aliphatic rings. The molecular formula is C21H20Br2N4O2. The monoisotopic (exact) mass is 518 g/mol. The van der Waals surface area contributed by atoms with Gasteiger partial charge < -0.3 is 9.84 Å². The molecule has 0 aliphatic carbocycles. The van der Waals surface area contributed by atoms with E-state index in [0.717, 1.165) is 39.6 Å². The first-order valence-corrected chi connectivity index (χ1v) is 11.0. The van der Waals surface area contributed by atoms with Gasteiger partial charge in [-0.3, -0.25) is 9.69 Å². The van der Waals surface area contributed by atoms with E-state index in [9.17, 15) is 4.79 Å². The highest BCUT2D eigenvalue weighted by Gasteiger charge is 2.27. The third kappa shape index (κ3) is 5.32. The summed E-state index contributed by atoms with van der Waals surface area (Å²) >= 11 is 6.86. The molecule has 150 valence electrons. The molecule has 0 bridgehead atoms. The summed E-state index contributed by atoms with van der Waals surface area (Å²) in [5.41, 5.74) is 1.71. The molecule has 3 aromatic rings. The largest absolute Gasteiger partial charge is 0.338 e. The van der Waals surface area contributed by atoms with Gasteiger partial charge in [0.05, 0.1) is 12.5 Å². The quantitative estimate of drug-likeness (QED) is 0.507. The van der Waals surface area contributed by atoms with Gasteiger partial charge in [-0.2, -0.15) is 4.98 Å². The maximum Gasteiger partial charge on any atom is 0.241 e. The molecule has 6 nitrogen and oxygen atoms in total. The molecule has 1 atom stereocenters. The van der Waals surface area contributed by atoms with E-state index in [2.05, 4.69) is 52.2 Å². The topological polar surface area (TPSA) is 71.3 Å². The van der Waals surface area contributed by atoms with Crippen LogP contribution in [0.1, 0.15) is 18.7 Å². The van der Waals surface area contributed by atoms with Gasteiger partial charge in [-0.15, -0.1) is 0 Å². The van der Waals surface area contributed by atoms with Crippen LogP contribution in [0.15, 0.2) is 62.0 Å². The number of hydrogen-bond donors (Lipinski definition) is 1. The van der Waals surface area contributed by atoms with Gasteiger partial charge in [-0.05, 0) is 61.9 Å².